The van der Waals surface area contributed by atoms with Gasteiger partial charge in [-0.2, -0.15) is 4.98 Å². The fraction of sp³-hybridized carbons (Fsp3) is 0.133. The van der Waals surface area contributed by atoms with Crippen molar-refractivity contribution in [1.29, 1.82) is 0 Å². The molecule has 5 heteroatoms. The smallest absolute Gasteiger partial charge is 0.296 e. The zero-order valence-corrected chi connectivity index (χ0v) is 10.9. The molecule has 1 atom stereocenters. The Bertz CT molecular complexity index is 736. The molecule has 1 aromatic heterocycles. The normalized spacial score (nSPS) is 12.5. The zero-order chi connectivity index (χ0) is 14.1. The minimum atomic E-state index is -0.254. The SMILES string of the molecule is CC(Nc1nc2c(N)cccc2o1)c1ccc(F)cc1. The Morgan fingerprint density at radius 1 is 1.20 bits per heavy atom. The predicted molar refractivity (Wildman–Crippen MR) is 76.9 cm³/mol. The molecule has 3 rings (SSSR count). The lowest BCUT2D eigenvalue weighted by atomic mass is 10.1. The molecule has 0 fully saturated rings. The van der Waals surface area contributed by atoms with E-state index in [0.29, 0.717) is 22.8 Å². The van der Waals surface area contributed by atoms with Gasteiger partial charge in [-0.3, -0.25) is 0 Å². The topological polar surface area (TPSA) is 64.1 Å². The molecule has 3 N–H and O–H groups in total. The Morgan fingerprint density at radius 2 is 1.95 bits per heavy atom. The molecule has 0 aliphatic carbocycles. The van der Waals surface area contributed by atoms with E-state index in [9.17, 15) is 4.39 Å². The summed E-state index contributed by atoms with van der Waals surface area (Å²) in [5, 5.41) is 3.14. The number of rotatable bonds is 3. The molecule has 0 amide bonds. The number of oxazole rings is 1. The van der Waals surface area contributed by atoms with Gasteiger partial charge in [0.15, 0.2) is 5.58 Å². The summed E-state index contributed by atoms with van der Waals surface area (Å²) in [6, 6.07) is 12.1. The Morgan fingerprint density at radius 3 is 2.65 bits per heavy atom. The number of anilines is 2. The number of hydrogen-bond donors (Lipinski definition) is 2. The highest BCUT2D eigenvalue weighted by Gasteiger charge is 2.11. The summed E-state index contributed by atoms with van der Waals surface area (Å²) in [6.07, 6.45) is 0. The highest BCUT2D eigenvalue weighted by molar-refractivity contribution is 5.86. The number of hydrogen-bond acceptors (Lipinski definition) is 4. The first kappa shape index (κ1) is 12.5. The summed E-state index contributed by atoms with van der Waals surface area (Å²) in [5.74, 6) is -0.254. The van der Waals surface area contributed by atoms with Crippen molar-refractivity contribution in [3.8, 4) is 0 Å². The largest absolute Gasteiger partial charge is 0.423 e. The maximum atomic E-state index is 12.9. The van der Waals surface area contributed by atoms with Crippen molar-refractivity contribution in [3.63, 3.8) is 0 Å². The molecule has 0 saturated heterocycles. The molecule has 4 nitrogen and oxygen atoms in total. The van der Waals surface area contributed by atoms with Gasteiger partial charge >= 0.3 is 0 Å². The first-order chi connectivity index (χ1) is 9.63. The van der Waals surface area contributed by atoms with Crippen molar-refractivity contribution < 1.29 is 8.81 Å². The van der Waals surface area contributed by atoms with Crippen LogP contribution in [0.2, 0.25) is 0 Å². The van der Waals surface area contributed by atoms with Crippen molar-refractivity contribution in [2.75, 3.05) is 11.1 Å². The van der Waals surface area contributed by atoms with Gasteiger partial charge in [-0.15, -0.1) is 0 Å². The van der Waals surface area contributed by atoms with E-state index in [1.807, 2.05) is 19.1 Å². The second kappa shape index (κ2) is 4.85. The van der Waals surface area contributed by atoms with Crippen LogP contribution >= 0.6 is 0 Å². The van der Waals surface area contributed by atoms with Crippen LogP contribution in [0.4, 0.5) is 16.1 Å². The lowest BCUT2D eigenvalue weighted by molar-refractivity contribution is 0.603. The summed E-state index contributed by atoms with van der Waals surface area (Å²) in [6.45, 7) is 1.95. The third-order valence-electron chi connectivity index (χ3n) is 3.16. The molecule has 102 valence electrons. The number of para-hydroxylation sites is 1. The third-order valence-corrected chi connectivity index (χ3v) is 3.16. The molecular formula is C15H14FN3O. The van der Waals surface area contributed by atoms with Crippen LogP contribution in [0.15, 0.2) is 46.9 Å². The second-order valence-electron chi connectivity index (χ2n) is 4.63. The molecule has 0 saturated carbocycles. The first-order valence-electron chi connectivity index (χ1n) is 6.30. The standard InChI is InChI=1S/C15H14FN3O/c1-9(10-5-7-11(16)8-6-10)18-15-19-14-12(17)3-2-4-13(14)20-15/h2-9H,17H2,1H3,(H,18,19). The summed E-state index contributed by atoms with van der Waals surface area (Å²) < 4.78 is 18.5. The van der Waals surface area contributed by atoms with Gasteiger partial charge in [0.05, 0.1) is 11.7 Å². The first-order valence-corrected chi connectivity index (χ1v) is 6.30. The van der Waals surface area contributed by atoms with Crippen LogP contribution in [0.3, 0.4) is 0 Å². The summed E-state index contributed by atoms with van der Waals surface area (Å²) in [7, 11) is 0. The van der Waals surface area contributed by atoms with Gasteiger partial charge in [0.25, 0.3) is 6.01 Å². The molecule has 0 aliphatic heterocycles. The molecule has 0 bridgehead atoms. The maximum Gasteiger partial charge on any atom is 0.296 e. The van der Waals surface area contributed by atoms with E-state index in [1.54, 1.807) is 18.2 Å². The van der Waals surface area contributed by atoms with Crippen molar-refractivity contribution in [2.24, 2.45) is 0 Å². The van der Waals surface area contributed by atoms with Crippen LogP contribution in [-0.2, 0) is 0 Å². The van der Waals surface area contributed by atoms with Gasteiger partial charge in [-0.25, -0.2) is 4.39 Å². The van der Waals surface area contributed by atoms with E-state index in [1.165, 1.54) is 12.1 Å². The summed E-state index contributed by atoms with van der Waals surface area (Å²) in [4.78, 5) is 4.32. The number of nitrogens with two attached hydrogens (primary N) is 1. The lowest BCUT2D eigenvalue weighted by Crippen LogP contribution is -2.06. The highest BCUT2D eigenvalue weighted by Crippen LogP contribution is 2.26. The number of nitrogens with one attached hydrogen (secondary N) is 1. The minimum Gasteiger partial charge on any atom is -0.423 e. The highest BCUT2D eigenvalue weighted by atomic mass is 19.1. The molecule has 0 spiro atoms. The van der Waals surface area contributed by atoms with Gasteiger partial charge in [-0.1, -0.05) is 18.2 Å². The Balaban J connectivity index is 1.85. The van der Waals surface area contributed by atoms with Crippen molar-refractivity contribution >= 4 is 22.8 Å². The number of aromatic nitrogens is 1. The zero-order valence-electron chi connectivity index (χ0n) is 10.9. The van der Waals surface area contributed by atoms with Gasteiger partial charge < -0.3 is 15.5 Å². The molecular weight excluding hydrogens is 257 g/mol. The quantitative estimate of drug-likeness (QED) is 0.712. The van der Waals surface area contributed by atoms with Gasteiger partial charge in [0, 0.05) is 0 Å². The number of fused-ring (bicyclic) bond motifs is 1. The van der Waals surface area contributed by atoms with E-state index in [2.05, 4.69) is 10.3 Å². The number of nitrogen functional groups attached to an aromatic ring is 1. The monoisotopic (exact) mass is 271 g/mol. The molecule has 1 unspecified atom stereocenters. The van der Waals surface area contributed by atoms with E-state index < -0.39 is 0 Å². The Kier molecular flexibility index (Phi) is 3.02. The van der Waals surface area contributed by atoms with E-state index in [-0.39, 0.29) is 11.9 Å². The van der Waals surface area contributed by atoms with E-state index >= 15 is 0 Å². The molecule has 0 radical (unpaired) electrons. The molecule has 3 aromatic rings. The van der Waals surface area contributed by atoms with E-state index in [0.717, 1.165) is 5.56 Å². The molecule has 0 aliphatic rings. The average molecular weight is 271 g/mol. The van der Waals surface area contributed by atoms with Gasteiger partial charge in [0.2, 0.25) is 0 Å². The third kappa shape index (κ3) is 2.30. The van der Waals surface area contributed by atoms with Crippen LogP contribution in [0.5, 0.6) is 0 Å². The molecule has 20 heavy (non-hydrogen) atoms. The van der Waals surface area contributed by atoms with Crippen molar-refractivity contribution in [3.05, 3.63) is 53.8 Å². The summed E-state index contributed by atoms with van der Waals surface area (Å²) >= 11 is 0. The number of halogens is 1. The van der Waals surface area contributed by atoms with Crippen molar-refractivity contribution in [1.82, 2.24) is 4.98 Å². The van der Waals surface area contributed by atoms with Crippen molar-refractivity contribution in [2.45, 2.75) is 13.0 Å². The molecule has 2 aromatic carbocycles. The number of benzene rings is 2. The van der Waals surface area contributed by atoms with Gasteiger partial charge in [-0.05, 0) is 36.8 Å². The van der Waals surface area contributed by atoms with Crippen LogP contribution in [0.25, 0.3) is 11.1 Å². The van der Waals surface area contributed by atoms with Crippen LogP contribution in [0, 0.1) is 5.82 Å². The van der Waals surface area contributed by atoms with E-state index in [4.69, 9.17) is 10.2 Å². The maximum absolute atomic E-state index is 12.9. The Labute approximate surface area is 115 Å². The van der Waals surface area contributed by atoms with Gasteiger partial charge in [0.1, 0.15) is 11.3 Å². The fourth-order valence-electron chi connectivity index (χ4n) is 2.05. The molecule has 1 heterocycles. The summed E-state index contributed by atoms with van der Waals surface area (Å²) in [5.41, 5.74) is 8.64. The van der Waals surface area contributed by atoms with Crippen LogP contribution in [0.1, 0.15) is 18.5 Å². The van der Waals surface area contributed by atoms with Crippen LogP contribution < -0.4 is 11.1 Å². The lowest BCUT2D eigenvalue weighted by Gasteiger charge is -2.12. The fourth-order valence-corrected chi connectivity index (χ4v) is 2.05. The minimum absolute atomic E-state index is 0.0510. The average Bonchev–Trinajstić information content (AvgIpc) is 2.83. The second-order valence-corrected chi connectivity index (χ2v) is 4.63. The number of nitrogens with zero attached hydrogens (tertiary/aromatic N) is 1. The Hall–Kier alpha value is -2.56. The predicted octanol–water partition coefficient (Wildman–Crippen LogP) is 3.72. The van der Waals surface area contributed by atoms with Crippen LogP contribution in [-0.4, -0.2) is 4.98 Å².